The molecule has 2 aliphatic heterocycles. The molecule has 242 valence electrons. The Morgan fingerprint density at radius 1 is 0.385 bits per heavy atom. The SMILES string of the molecule is c1ccc(-c2ccc3c(c2)B2c4ccccc4N(c4ccc(-c5cccc6c5oc5ccccc56)cc4)c4cccc(c42)N3c2ccccc2)cc1. The summed E-state index contributed by atoms with van der Waals surface area (Å²) < 4.78 is 6.42. The summed E-state index contributed by atoms with van der Waals surface area (Å²) in [7, 11) is 0. The van der Waals surface area contributed by atoms with Crippen LogP contribution in [0.3, 0.4) is 0 Å². The fourth-order valence-electron chi connectivity index (χ4n) is 8.60. The number of fused-ring (bicyclic) bond motifs is 7. The molecule has 0 fully saturated rings. The number of anilines is 6. The molecule has 0 radical (unpaired) electrons. The number of furan rings is 1. The van der Waals surface area contributed by atoms with Crippen molar-refractivity contribution in [1.29, 1.82) is 0 Å². The average molecular weight is 663 g/mol. The zero-order valence-electron chi connectivity index (χ0n) is 28.3. The molecule has 9 aromatic rings. The predicted molar refractivity (Wildman–Crippen MR) is 219 cm³/mol. The van der Waals surface area contributed by atoms with Crippen LogP contribution in [0.2, 0.25) is 0 Å². The molecule has 11 rings (SSSR count). The van der Waals surface area contributed by atoms with Crippen LogP contribution in [0.4, 0.5) is 34.1 Å². The lowest BCUT2D eigenvalue weighted by molar-refractivity contribution is 0.670. The van der Waals surface area contributed by atoms with E-state index in [0.717, 1.165) is 44.4 Å². The van der Waals surface area contributed by atoms with Gasteiger partial charge in [-0.1, -0.05) is 133 Å². The van der Waals surface area contributed by atoms with E-state index in [1.165, 1.54) is 50.3 Å². The van der Waals surface area contributed by atoms with Gasteiger partial charge in [0.25, 0.3) is 6.71 Å². The van der Waals surface area contributed by atoms with Gasteiger partial charge in [-0.2, -0.15) is 0 Å². The molecule has 0 amide bonds. The Bertz CT molecular complexity index is 2810. The highest BCUT2D eigenvalue weighted by Gasteiger charge is 2.43. The van der Waals surface area contributed by atoms with Crippen molar-refractivity contribution in [3.63, 3.8) is 0 Å². The molecule has 3 nitrogen and oxygen atoms in total. The maximum atomic E-state index is 6.42. The van der Waals surface area contributed by atoms with Gasteiger partial charge >= 0.3 is 0 Å². The molecule has 0 bridgehead atoms. The van der Waals surface area contributed by atoms with Gasteiger partial charge in [0.05, 0.1) is 0 Å². The molecular weight excluding hydrogens is 631 g/mol. The topological polar surface area (TPSA) is 19.6 Å². The molecule has 1 aromatic heterocycles. The third-order valence-corrected chi connectivity index (χ3v) is 10.9. The lowest BCUT2D eigenvalue weighted by atomic mass is 9.33. The minimum atomic E-state index is 0.0715. The van der Waals surface area contributed by atoms with Crippen LogP contribution in [0, 0.1) is 0 Å². The molecule has 0 atom stereocenters. The quantitative estimate of drug-likeness (QED) is 0.175. The molecule has 2 aliphatic rings. The summed E-state index contributed by atoms with van der Waals surface area (Å²) in [5.41, 5.74) is 17.5. The second kappa shape index (κ2) is 11.4. The van der Waals surface area contributed by atoms with Crippen molar-refractivity contribution in [3.8, 4) is 22.3 Å². The molecule has 0 saturated heterocycles. The zero-order chi connectivity index (χ0) is 34.2. The van der Waals surface area contributed by atoms with Crippen LogP contribution in [0.1, 0.15) is 0 Å². The average Bonchev–Trinajstić information content (AvgIpc) is 3.60. The van der Waals surface area contributed by atoms with Crippen molar-refractivity contribution in [2.75, 3.05) is 9.80 Å². The van der Waals surface area contributed by atoms with Crippen molar-refractivity contribution < 1.29 is 4.42 Å². The maximum Gasteiger partial charge on any atom is 0.252 e. The summed E-state index contributed by atoms with van der Waals surface area (Å²) in [4.78, 5) is 4.90. The molecule has 52 heavy (non-hydrogen) atoms. The Hall–Kier alpha value is -6.78. The van der Waals surface area contributed by atoms with Crippen molar-refractivity contribution in [2.45, 2.75) is 0 Å². The first-order chi connectivity index (χ1) is 25.8. The molecule has 4 heteroatoms. The second-order valence-corrected chi connectivity index (χ2v) is 13.7. The molecule has 0 N–H and O–H groups in total. The van der Waals surface area contributed by atoms with Crippen molar-refractivity contribution in [1.82, 2.24) is 0 Å². The number of hydrogen-bond acceptors (Lipinski definition) is 3. The van der Waals surface area contributed by atoms with Gasteiger partial charge in [-0.25, -0.2) is 0 Å². The molecular formula is C48H31BN2O. The van der Waals surface area contributed by atoms with E-state index < -0.39 is 0 Å². The molecule has 0 unspecified atom stereocenters. The minimum Gasteiger partial charge on any atom is -0.455 e. The summed E-state index contributed by atoms with van der Waals surface area (Å²) in [5, 5.41) is 2.29. The van der Waals surface area contributed by atoms with E-state index in [4.69, 9.17) is 4.42 Å². The molecule has 8 aromatic carbocycles. The molecule has 0 spiro atoms. The Labute approximate surface area is 302 Å². The standard InChI is InChI=1S/C48H31BN2O/c1-3-13-32(14-4-1)34-27-30-43-41(31-34)49-40-20-8-9-21-42(40)51(45-23-12-22-44(47(45)49)50(43)35-15-5-2-6-16-35)36-28-25-33(26-29-36)37-18-11-19-39-38-17-7-10-24-46(38)52-48(37)39/h1-31H. The monoisotopic (exact) mass is 662 g/mol. The third kappa shape index (κ3) is 4.28. The third-order valence-electron chi connectivity index (χ3n) is 10.9. The Kier molecular flexibility index (Phi) is 6.35. The van der Waals surface area contributed by atoms with Gasteiger partial charge in [0.1, 0.15) is 11.2 Å². The van der Waals surface area contributed by atoms with E-state index in [-0.39, 0.29) is 6.71 Å². The summed E-state index contributed by atoms with van der Waals surface area (Å²) >= 11 is 0. The highest BCUT2D eigenvalue weighted by molar-refractivity contribution is 7.00. The smallest absolute Gasteiger partial charge is 0.252 e. The summed E-state index contributed by atoms with van der Waals surface area (Å²) in [6, 6.07) is 67.9. The van der Waals surface area contributed by atoms with Gasteiger partial charge in [0, 0.05) is 50.5 Å². The maximum absolute atomic E-state index is 6.42. The van der Waals surface area contributed by atoms with Gasteiger partial charge < -0.3 is 14.2 Å². The number of rotatable bonds is 4. The lowest BCUT2D eigenvalue weighted by Crippen LogP contribution is -2.61. The van der Waals surface area contributed by atoms with Gasteiger partial charge in [-0.15, -0.1) is 0 Å². The van der Waals surface area contributed by atoms with Crippen LogP contribution in [-0.4, -0.2) is 6.71 Å². The number of benzene rings is 8. The highest BCUT2D eigenvalue weighted by atomic mass is 16.3. The van der Waals surface area contributed by atoms with Gasteiger partial charge in [0.2, 0.25) is 0 Å². The van der Waals surface area contributed by atoms with Gasteiger partial charge in [-0.05, 0) is 87.7 Å². The van der Waals surface area contributed by atoms with Crippen LogP contribution in [-0.2, 0) is 0 Å². The lowest BCUT2D eigenvalue weighted by Gasteiger charge is -2.44. The zero-order valence-corrected chi connectivity index (χ0v) is 28.3. The van der Waals surface area contributed by atoms with Gasteiger partial charge in [0.15, 0.2) is 0 Å². The van der Waals surface area contributed by atoms with E-state index in [2.05, 4.69) is 186 Å². The summed E-state index contributed by atoms with van der Waals surface area (Å²) in [5.74, 6) is 0. The fourth-order valence-corrected chi connectivity index (χ4v) is 8.60. The summed E-state index contributed by atoms with van der Waals surface area (Å²) in [6.07, 6.45) is 0. The summed E-state index contributed by atoms with van der Waals surface area (Å²) in [6.45, 7) is 0.0715. The van der Waals surface area contributed by atoms with E-state index in [9.17, 15) is 0 Å². The number of para-hydroxylation sites is 4. The molecule has 0 aliphatic carbocycles. The van der Waals surface area contributed by atoms with Crippen LogP contribution in [0.5, 0.6) is 0 Å². The second-order valence-electron chi connectivity index (χ2n) is 13.7. The van der Waals surface area contributed by atoms with E-state index in [0.29, 0.717) is 0 Å². The predicted octanol–water partition coefficient (Wildman–Crippen LogP) is 11.0. The minimum absolute atomic E-state index is 0.0715. The van der Waals surface area contributed by atoms with E-state index in [1.807, 2.05) is 12.1 Å². The van der Waals surface area contributed by atoms with Crippen molar-refractivity contribution in [3.05, 3.63) is 188 Å². The molecule has 0 saturated carbocycles. The van der Waals surface area contributed by atoms with Crippen LogP contribution in [0.15, 0.2) is 192 Å². The largest absolute Gasteiger partial charge is 0.455 e. The van der Waals surface area contributed by atoms with Crippen molar-refractivity contribution >= 4 is 79.2 Å². The Morgan fingerprint density at radius 3 is 1.79 bits per heavy atom. The van der Waals surface area contributed by atoms with E-state index >= 15 is 0 Å². The molecule has 3 heterocycles. The number of nitrogens with zero attached hydrogens (tertiary/aromatic N) is 2. The Balaban J connectivity index is 1.10. The highest BCUT2D eigenvalue weighted by Crippen LogP contribution is 2.45. The van der Waals surface area contributed by atoms with E-state index in [1.54, 1.807) is 0 Å². The van der Waals surface area contributed by atoms with Crippen molar-refractivity contribution in [2.24, 2.45) is 0 Å². The van der Waals surface area contributed by atoms with Crippen LogP contribution >= 0.6 is 0 Å². The Morgan fingerprint density at radius 2 is 0.981 bits per heavy atom. The normalized spacial score (nSPS) is 12.9. The fraction of sp³-hybridized carbons (Fsp3) is 0. The van der Waals surface area contributed by atoms with Crippen LogP contribution < -0.4 is 26.2 Å². The van der Waals surface area contributed by atoms with Gasteiger partial charge in [-0.3, -0.25) is 0 Å². The first-order valence-electron chi connectivity index (χ1n) is 17.9. The number of hydrogen-bond donors (Lipinski definition) is 0. The van der Waals surface area contributed by atoms with Crippen LogP contribution in [0.25, 0.3) is 44.2 Å². The first kappa shape index (κ1) is 29.0. The first-order valence-corrected chi connectivity index (χ1v) is 17.9.